The third-order valence-corrected chi connectivity index (χ3v) is 4.84. The molecule has 0 aliphatic carbocycles. The van der Waals surface area contributed by atoms with E-state index in [0.717, 1.165) is 5.56 Å². The van der Waals surface area contributed by atoms with Gasteiger partial charge in [0.1, 0.15) is 17.5 Å². The Balaban J connectivity index is 1.85. The maximum absolute atomic E-state index is 13.1. The van der Waals surface area contributed by atoms with Crippen molar-refractivity contribution in [1.82, 2.24) is 10.6 Å². The summed E-state index contributed by atoms with van der Waals surface area (Å²) in [5, 5.41) is 14.8. The molecule has 0 spiro atoms. The van der Waals surface area contributed by atoms with Gasteiger partial charge in [-0.15, -0.1) is 0 Å². The molecule has 1 atom stereocenters. The third kappa shape index (κ3) is 6.80. The second kappa shape index (κ2) is 11.3. The van der Waals surface area contributed by atoms with Gasteiger partial charge in [-0.2, -0.15) is 0 Å². The van der Waals surface area contributed by atoms with Crippen LogP contribution in [-0.4, -0.2) is 36.0 Å². The van der Waals surface area contributed by atoms with Crippen molar-refractivity contribution >= 4 is 23.9 Å². The van der Waals surface area contributed by atoms with Gasteiger partial charge < -0.3 is 20.5 Å². The molecule has 0 unspecified atom stereocenters. The number of ether oxygens (including phenoxy) is 1. The van der Waals surface area contributed by atoms with Crippen molar-refractivity contribution in [3.05, 3.63) is 107 Å². The van der Waals surface area contributed by atoms with E-state index in [-0.39, 0.29) is 12.1 Å². The Morgan fingerprint density at radius 2 is 1.52 bits per heavy atom. The summed E-state index contributed by atoms with van der Waals surface area (Å²) >= 11 is 0. The average Bonchev–Trinajstić information content (AvgIpc) is 2.84. The van der Waals surface area contributed by atoms with E-state index in [2.05, 4.69) is 10.6 Å². The summed E-state index contributed by atoms with van der Waals surface area (Å²) < 4.78 is 5.14. The Labute approximate surface area is 191 Å². The van der Waals surface area contributed by atoms with Crippen LogP contribution in [0.3, 0.4) is 0 Å². The highest BCUT2D eigenvalue weighted by Gasteiger charge is 2.23. The normalized spacial score (nSPS) is 11.8. The molecule has 7 heteroatoms. The molecule has 0 radical (unpaired) electrons. The van der Waals surface area contributed by atoms with Gasteiger partial charge >= 0.3 is 5.97 Å². The maximum Gasteiger partial charge on any atom is 0.326 e. The lowest BCUT2D eigenvalue weighted by atomic mass is 10.1. The zero-order valence-electron chi connectivity index (χ0n) is 18.0. The van der Waals surface area contributed by atoms with Gasteiger partial charge in [0.05, 0.1) is 7.11 Å². The van der Waals surface area contributed by atoms with E-state index in [1.54, 1.807) is 86.0 Å². The lowest BCUT2D eigenvalue weighted by Crippen LogP contribution is -2.45. The number of amides is 2. The molecule has 0 heterocycles. The minimum Gasteiger partial charge on any atom is -0.497 e. The molecule has 0 saturated carbocycles. The van der Waals surface area contributed by atoms with Gasteiger partial charge in [-0.1, -0.05) is 60.7 Å². The third-order valence-electron chi connectivity index (χ3n) is 4.84. The predicted octanol–water partition coefficient (Wildman–Crippen LogP) is 3.28. The number of hydrogen-bond donors (Lipinski definition) is 3. The Hall–Kier alpha value is -4.39. The van der Waals surface area contributed by atoms with Crippen LogP contribution < -0.4 is 15.4 Å². The maximum atomic E-state index is 13.1. The fourth-order valence-corrected chi connectivity index (χ4v) is 3.10. The van der Waals surface area contributed by atoms with Crippen LogP contribution in [0, 0.1) is 0 Å². The molecule has 0 aliphatic heterocycles. The highest BCUT2D eigenvalue weighted by Crippen LogP contribution is 2.14. The van der Waals surface area contributed by atoms with Crippen molar-refractivity contribution in [3.8, 4) is 5.75 Å². The van der Waals surface area contributed by atoms with E-state index in [1.165, 1.54) is 6.08 Å². The molecule has 3 N–H and O–H groups in total. The monoisotopic (exact) mass is 444 g/mol. The summed E-state index contributed by atoms with van der Waals surface area (Å²) in [7, 11) is 1.54. The van der Waals surface area contributed by atoms with Crippen molar-refractivity contribution in [1.29, 1.82) is 0 Å². The highest BCUT2D eigenvalue weighted by molar-refractivity contribution is 6.06. The van der Waals surface area contributed by atoms with Crippen molar-refractivity contribution in [2.75, 3.05) is 7.11 Å². The number of carbonyl (C=O) groups excluding carboxylic acids is 2. The van der Waals surface area contributed by atoms with Crippen LogP contribution in [0.5, 0.6) is 5.75 Å². The van der Waals surface area contributed by atoms with Crippen molar-refractivity contribution < 1.29 is 24.2 Å². The quantitative estimate of drug-likeness (QED) is 0.440. The Bertz CT molecular complexity index is 1130. The Kier molecular flexibility index (Phi) is 7.96. The van der Waals surface area contributed by atoms with Crippen molar-refractivity contribution in [2.24, 2.45) is 0 Å². The van der Waals surface area contributed by atoms with E-state index in [9.17, 15) is 19.5 Å². The summed E-state index contributed by atoms with van der Waals surface area (Å²) in [5.41, 5.74) is 1.68. The van der Waals surface area contributed by atoms with Crippen LogP contribution in [0.1, 0.15) is 21.5 Å². The molecule has 7 nitrogen and oxygen atoms in total. The molecule has 3 aromatic rings. The first-order valence-electron chi connectivity index (χ1n) is 10.3. The minimum absolute atomic E-state index is 0.0756. The molecule has 0 saturated heterocycles. The average molecular weight is 444 g/mol. The molecule has 0 aliphatic rings. The second-order valence-corrected chi connectivity index (χ2v) is 7.21. The van der Waals surface area contributed by atoms with Gasteiger partial charge in [0, 0.05) is 12.0 Å². The van der Waals surface area contributed by atoms with Crippen LogP contribution in [-0.2, 0) is 16.0 Å². The molecule has 0 bridgehead atoms. The van der Waals surface area contributed by atoms with Gasteiger partial charge in [0.15, 0.2) is 0 Å². The van der Waals surface area contributed by atoms with E-state index in [0.29, 0.717) is 16.9 Å². The number of hydrogen-bond acceptors (Lipinski definition) is 4. The molecule has 2 amide bonds. The van der Waals surface area contributed by atoms with Crippen LogP contribution >= 0.6 is 0 Å². The fourth-order valence-electron chi connectivity index (χ4n) is 3.10. The summed E-state index contributed by atoms with van der Waals surface area (Å²) in [4.78, 5) is 37.6. The number of nitrogens with one attached hydrogen (secondary N) is 2. The summed E-state index contributed by atoms with van der Waals surface area (Å²) in [6.07, 6.45) is 1.58. The number of benzene rings is 3. The highest BCUT2D eigenvalue weighted by atomic mass is 16.5. The molecule has 168 valence electrons. The first kappa shape index (κ1) is 23.3. The van der Waals surface area contributed by atoms with E-state index >= 15 is 0 Å². The Morgan fingerprint density at radius 1 is 0.909 bits per heavy atom. The number of methoxy groups -OCH3 is 1. The van der Waals surface area contributed by atoms with Crippen molar-refractivity contribution in [2.45, 2.75) is 12.5 Å². The number of carboxylic acids is 1. The Morgan fingerprint density at radius 3 is 2.09 bits per heavy atom. The molecule has 3 aromatic carbocycles. The van der Waals surface area contributed by atoms with E-state index < -0.39 is 23.8 Å². The lowest BCUT2D eigenvalue weighted by Gasteiger charge is -2.17. The molecular weight excluding hydrogens is 420 g/mol. The van der Waals surface area contributed by atoms with Crippen LogP contribution in [0.15, 0.2) is 90.6 Å². The number of aliphatic carboxylic acids is 1. The van der Waals surface area contributed by atoms with Crippen LogP contribution in [0.2, 0.25) is 0 Å². The molecular formula is C26H24N2O5. The summed E-state index contributed by atoms with van der Waals surface area (Å²) in [6, 6.07) is 23.1. The van der Waals surface area contributed by atoms with E-state index in [1.807, 2.05) is 6.07 Å². The number of carbonyl (C=O) groups is 3. The standard InChI is InChI=1S/C26H24N2O5/c1-33-21-14-12-19(13-15-21)16-22(27-24(29)20-10-6-3-7-11-20)25(30)28-23(26(31)32)17-18-8-4-2-5-9-18/h2-16,23H,17H2,1H3,(H,27,29)(H,28,30)(H,31,32)/b22-16+/t23-/m1/s1. The predicted molar refractivity (Wildman–Crippen MR) is 125 cm³/mol. The zero-order chi connectivity index (χ0) is 23.6. The topological polar surface area (TPSA) is 105 Å². The van der Waals surface area contributed by atoms with Gasteiger partial charge in [-0.25, -0.2) is 4.79 Å². The SMILES string of the molecule is COc1ccc(/C=C(/NC(=O)c2ccccc2)C(=O)N[C@H](Cc2ccccc2)C(=O)O)cc1. The number of carboxylic acid groups (broad SMARTS) is 1. The molecule has 33 heavy (non-hydrogen) atoms. The first-order valence-corrected chi connectivity index (χ1v) is 10.3. The van der Waals surface area contributed by atoms with Crippen LogP contribution in [0.25, 0.3) is 6.08 Å². The smallest absolute Gasteiger partial charge is 0.326 e. The van der Waals surface area contributed by atoms with Gasteiger partial charge in [-0.3, -0.25) is 9.59 Å². The lowest BCUT2D eigenvalue weighted by molar-refractivity contribution is -0.141. The van der Waals surface area contributed by atoms with E-state index in [4.69, 9.17) is 4.74 Å². The minimum atomic E-state index is -1.18. The first-order chi connectivity index (χ1) is 16.0. The zero-order valence-corrected chi connectivity index (χ0v) is 18.0. The van der Waals surface area contributed by atoms with Crippen molar-refractivity contribution in [3.63, 3.8) is 0 Å². The summed E-state index contributed by atoms with van der Waals surface area (Å²) in [6.45, 7) is 0. The fraction of sp³-hybridized carbons (Fsp3) is 0.115. The summed E-state index contributed by atoms with van der Waals surface area (Å²) in [5.74, 6) is -1.73. The van der Waals surface area contributed by atoms with Gasteiger partial charge in [-0.05, 0) is 41.5 Å². The number of rotatable bonds is 9. The molecule has 0 fully saturated rings. The van der Waals surface area contributed by atoms with Crippen LogP contribution in [0.4, 0.5) is 0 Å². The second-order valence-electron chi connectivity index (χ2n) is 7.21. The van der Waals surface area contributed by atoms with Gasteiger partial charge in [0.25, 0.3) is 11.8 Å². The molecule has 0 aromatic heterocycles. The molecule has 3 rings (SSSR count). The largest absolute Gasteiger partial charge is 0.497 e. The van der Waals surface area contributed by atoms with Gasteiger partial charge in [0.2, 0.25) is 0 Å².